The average molecular weight is 389 g/mol. The Morgan fingerprint density at radius 2 is 1.79 bits per heavy atom. The summed E-state index contributed by atoms with van der Waals surface area (Å²) in [5.74, 6) is -2.83. The summed E-state index contributed by atoms with van der Waals surface area (Å²) in [6, 6.07) is 11.5. The first-order valence-corrected chi connectivity index (χ1v) is 9.16. The lowest BCUT2D eigenvalue weighted by molar-refractivity contribution is -0.384. The Labute approximate surface area is 165 Å². The molecular formula is C21H15N3O5. The zero-order valence-electron chi connectivity index (χ0n) is 15.0. The third kappa shape index (κ3) is 2.42. The number of carbonyl (C=O) groups excluding carboxylic acids is 3. The molecule has 0 radical (unpaired) electrons. The van der Waals surface area contributed by atoms with Crippen molar-refractivity contribution in [2.24, 2.45) is 11.8 Å². The topological polar surface area (TPSA) is 110 Å². The molecule has 0 saturated carbocycles. The molecule has 8 nitrogen and oxygen atoms in total. The van der Waals surface area contributed by atoms with Crippen LogP contribution in [0.3, 0.4) is 0 Å². The first kappa shape index (κ1) is 17.3. The molecule has 0 bridgehead atoms. The van der Waals surface area contributed by atoms with Crippen molar-refractivity contribution in [1.82, 2.24) is 5.32 Å². The van der Waals surface area contributed by atoms with E-state index in [2.05, 4.69) is 5.32 Å². The number of Topliss-reactive ketones (excluding diaryl/α,β-unsaturated/α-hetero) is 1. The van der Waals surface area contributed by atoms with E-state index < -0.39 is 46.4 Å². The highest BCUT2D eigenvalue weighted by atomic mass is 16.6. The lowest BCUT2D eigenvalue weighted by Gasteiger charge is -2.35. The van der Waals surface area contributed by atoms with Crippen molar-refractivity contribution in [2.75, 3.05) is 4.90 Å². The van der Waals surface area contributed by atoms with Gasteiger partial charge in [-0.2, -0.15) is 0 Å². The maximum Gasteiger partial charge on any atom is 0.270 e. The second-order valence-electron chi connectivity index (χ2n) is 7.34. The second kappa shape index (κ2) is 6.10. The molecule has 8 heteroatoms. The van der Waals surface area contributed by atoms with Gasteiger partial charge in [-0.1, -0.05) is 42.5 Å². The molecule has 0 aliphatic carbocycles. The van der Waals surface area contributed by atoms with Crippen LogP contribution in [0.1, 0.15) is 15.9 Å². The van der Waals surface area contributed by atoms with Gasteiger partial charge in [0.15, 0.2) is 5.78 Å². The summed E-state index contributed by atoms with van der Waals surface area (Å²) in [7, 11) is 0. The fourth-order valence-corrected chi connectivity index (χ4v) is 4.67. The van der Waals surface area contributed by atoms with Crippen LogP contribution in [-0.4, -0.2) is 34.6 Å². The van der Waals surface area contributed by atoms with E-state index in [0.717, 1.165) is 11.3 Å². The quantitative estimate of drug-likeness (QED) is 0.372. The molecule has 3 aliphatic rings. The van der Waals surface area contributed by atoms with Gasteiger partial charge in [0.05, 0.1) is 22.8 Å². The SMILES string of the molecule is O=C1NC(=O)[C@H]2[C@@H]1[C@@H]1C=Cc3ccccc3N1[C@H]2C(=O)c1cccc([N+](=O)[O-])c1. The van der Waals surface area contributed by atoms with Gasteiger partial charge in [0.1, 0.15) is 6.04 Å². The lowest BCUT2D eigenvalue weighted by Crippen LogP contribution is -2.47. The van der Waals surface area contributed by atoms with E-state index in [1.807, 2.05) is 41.3 Å². The summed E-state index contributed by atoms with van der Waals surface area (Å²) >= 11 is 0. The van der Waals surface area contributed by atoms with Crippen LogP contribution in [0.25, 0.3) is 6.08 Å². The van der Waals surface area contributed by atoms with Gasteiger partial charge in [-0.15, -0.1) is 0 Å². The van der Waals surface area contributed by atoms with Gasteiger partial charge in [0, 0.05) is 23.4 Å². The Morgan fingerprint density at radius 3 is 2.59 bits per heavy atom. The summed E-state index contributed by atoms with van der Waals surface area (Å²) in [5, 5.41) is 13.5. The minimum Gasteiger partial charge on any atom is -0.352 e. The number of nitrogens with zero attached hydrogens (tertiary/aromatic N) is 2. The highest BCUT2D eigenvalue weighted by Crippen LogP contribution is 2.47. The van der Waals surface area contributed by atoms with Crippen molar-refractivity contribution in [3.05, 3.63) is 75.8 Å². The number of para-hydroxylation sites is 1. The van der Waals surface area contributed by atoms with Crippen LogP contribution in [0.15, 0.2) is 54.6 Å². The van der Waals surface area contributed by atoms with Gasteiger partial charge in [0.25, 0.3) is 5.69 Å². The van der Waals surface area contributed by atoms with E-state index in [1.165, 1.54) is 24.3 Å². The lowest BCUT2D eigenvalue weighted by atomic mass is 9.86. The number of rotatable bonds is 3. The van der Waals surface area contributed by atoms with Gasteiger partial charge in [0.2, 0.25) is 11.8 Å². The molecule has 2 saturated heterocycles. The summed E-state index contributed by atoms with van der Waals surface area (Å²) in [4.78, 5) is 51.0. The minimum atomic E-state index is -0.926. The molecule has 3 heterocycles. The summed E-state index contributed by atoms with van der Waals surface area (Å²) in [5.41, 5.74) is 1.59. The van der Waals surface area contributed by atoms with Gasteiger partial charge >= 0.3 is 0 Å². The normalized spacial score (nSPS) is 26.6. The minimum absolute atomic E-state index is 0.141. The van der Waals surface area contributed by atoms with Gasteiger partial charge in [-0.05, 0) is 11.6 Å². The molecule has 0 spiro atoms. The third-order valence-corrected chi connectivity index (χ3v) is 5.87. The number of carbonyl (C=O) groups is 3. The number of fused-ring (bicyclic) bond motifs is 5. The van der Waals surface area contributed by atoms with E-state index in [-0.39, 0.29) is 11.3 Å². The van der Waals surface area contributed by atoms with Gasteiger partial charge in [-0.3, -0.25) is 29.8 Å². The van der Waals surface area contributed by atoms with Crippen LogP contribution in [0.2, 0.25) is 0 Å². The fourth-order valence-electron chi connectivity index (χ4n) is 4.67. The first-order valence-electron chi connectivity index (χ1n) is 9.16. The van der Waals surface area contributed by atoms with E-state index >= 15 is 0 Å². The number of amides is 2. The number of nitrogens with one attached hydrogen (secondary N) is 1. The zero-order chi connectivity index (χ0) is 20.3. The van der Waals surface area contributed by atoms with Crippen molar-refractivity contribution in [1.29, 1.82) is 0 Å². The number of non-ortho nitro benzene ring substituents is 1. The fraction of sp³-hybridized carbons (Fsp3) is 0.190. The number of hydrogen-bond donors (Lipinski definition) is 1. The zero-order valence-corrected chi connectivity index (χ0v) is 15.0. The number of imide groups is 1. The predicted molar refractivity (Wildman–Crippen MR) is 103 cm³/mol. The highest BCUT2D eigenvalue weighted by Gasteiger charge is 2.61. The van der Waals surface area contributed by atoms with Crippen molar-refractivity contribution in [3.8, 4) is 0 Å². The van der Waals surface area contributed by atoms with Crippen LogP contribution >= 0.6 is 0 Å². The standard InChI is InChI=1S/C21H15N3O5/c25-19(12-5-3-6-13(10-12)24(28)29)18-17-16(20(26)22-21(17)27)15-9-8-11-4-1-2-7-14(11)23(15)18/h1-10,15-18H,(H,22,26,27)/t15-,16-,17-,18+/m0/s1. The Kier molecular flexibility index (Phi) is 3.64. The average Bonchev–Trinajstić information content (AvgIpc) is 3.23. The molecule has 29 heavy (non-hydrogen) atoms. The summed E-state index contributed by atoms with van der Waals surface area (Å²) in [6.45, 7) is 0. The van der Waals surface area contributed by atoms with Crippen LogP contribution in [-0.2, 0) is 9.59 Å². The molecule has 2 aromatic rings. The number of nitro groups is 1. The number of ketones is 1. The van der Waals surface area contributed by atoms with Crippen LogP contribution in [0.5, 0.6) is 0 Å². The number of nitro benzene ring substituents is 1. The number of anilines is 1. The summed E-state index contributed by atoms with van der Waals surface area (Å²) in [6.07, 6.45) is 3.74. The number of benzene rings is 2. The van der Waals surface area contributed by atoms with E-state index in [9.17, 15) is 24.5 Å². The molecule has 4 atom stereocenters. The molecule has 0 unspecified atom stereocenters. The van der Waals surface area contributed by atoms with Crippen LogP contribution in [0, 0.1) is 22.0 Å². The van der Waals surface area contributed by atoms with E-state index in [1.54, 1.807) is 0 Å². The summed E-state index contributed by atoms with van der Waals surface area (Å²) < 4.78 is 0. The largest absolute Gasteiger partial charge is 0.352 e. The van der Waals surface area contributed by atoms with Gasteiger partial charge in [-0.25, -0.2) is 0 Å². The Bertz CT molecular complexity index is 1120. The number of hydrogen-bond acceptors (Lipinski definition) is 6. The van der Waals surface area contributed by atoms with Crippen molar-refractivity contribution in [3.63, 3.8) is 0 Å². The predicted octanol–water partition coefficient (Wildman–Crippen LogP) is 1.95. The van der Waals surface area contributed by atoms with E-state index in [4.69, 9.17) is 0 Å². The molecule has 2 aromatic carbocycles. The molecule has 5 rings (SSSR count). The maximum absolute atomic E-state index is 13.5. The highest BCUT2D eigenvalue weighted by molar-refractivity contribution is 6.14. The van der Waals surface area contributed by atoms with Crippen molar-refractivity contribution < 1.29 is 19.3 Å². The Balaban J connectivity index is 1.65. The molecular weight excluding hydrogens is 374 g/mol. The Hall–Kier alpha value is -3.81. The monoisotopic (exact) mass is 389 g/mol. The second-order valence-corrected chi connectivity index (χ2v) is 7.34. The Morgan fingerprint density at radius 1 is 1.03 bits per heavy atom. The third-order valence-electron chi connectivity index (χ3n) is 5.87. The molecule has 2 amide bonds. The smallest absolute Gasteiger partial charge is 0.270 e. The first-order chi connectivity index (χ1) is 14.0. The van der Waals surface area contributed by atoms with Gasteiger partial charge < -0.3 is 4.90 Å². The molecule has 1 N–H and O–H groups in total. The maximum atomic E-state index is 13.5. The molecule has 3 aliphatic heterocycles. The van der Waals surface area contributed by atoms with Crippen LogP contribution in [0.4, 0.5) is 11.4 Å². The molecule has 144 valence electrons. The van der Waals surface area contributed by atoms with Crippen molar-refractivity contribution >= 4 is 35.0 Å². The van der Waals surface area contributed by atoms with Crippen molar-refractivity contribution in [2.45, 2.75) is 12.1 Å². The van der Waals surface area contributed by atoms with E-state index in [0.29, 0.717) is 0 Å². The van der Waals surface area contributed by atoms with Crippen LogP contribution < -0.4 is 10.2 Å². The molecule has 0 aromatic heterocycles. The molecule has 2 fully saturated rings.